The Hall–Kier alpha value is -1.51. The molecular formula is C14H20N2O. The smallest absolute Gasteiger partial charge is 0.225 e. The molecule has 1 aromatic rings. The van der Waals surface area contributed by atoms with Gasteiger partial charge >= 0.3 is 0 Å². The molecule has 3 nitrogen and oxygen atoms in total. The van der Waals surface area contributed by atoms with Crippen LogP contribution in [0.1, 0.15) is 31.2 Å². The quantitative estimate of drug-likeness (QED) is 0.813. The molecule has 1 amide bonds. The van der Waals surface area contributed by atoms with E-state index < -0.39 is 0 Å². The number of hydrogen-bond acceptors (Lipinski definition) is 2. The van der Waals surface area contributed by atoms with E-state index in [1.165, 1.54) is 12.8 Å². The Morgan fingerprint density at radius 1 is 1.35 bits per heavy atom. The number of para-hydroxylation sites is 1. The number of carbonyl (C=O) groups excluding carboxylic acids is 1. The molecule has 0 radical (unpaired) electrons. The van der Waals surface area contributed by atoms with Crippen LogP contribution in [-0.4, -0.2) is 17.9 Å². The van der Waals surface area contributed by atoms with E-state index >= 15 is 0 Å². The van der Waals surface area contributed by atoms with Crippen molar-refractivity contribution in [2.45, 2.75) is 32.2 Å². The highest BCUT2D eigenvalue weighted by Crippen LogP contribution is 2.27. The first-order valence-electron chi connectivity index (χ1n) is 6.27. The third kappa shape index (κ3) is 2.78. The molecule has 2 N–H and O–H groups in total. The molecule has 17 heavy (non-hydrogen) atoms. The zero-order valence-electron chi connectivity index (χ0n) is 10.4. The van der Waals surface area contributed by atoms with Crippen LogP contribution in [0, 0.1) is 5.92 Å². The lowest BCUT2D eigenvalue weighted by molar-refractivity contribution is -0.134. The molecule has 0 saturated heterocycles. The third-order valence-corrected chi connectivity index (χ3v) is 3.54. The molecule has 1 aliphatic carbocycles. The number of anilines is 1. The van der Waals surface area contributed by atoms with Crippen LogP contribution in [0.15, 0.2) is 24.3 Å². The summed E-state index contributed by atoms with van der Waals surface area (Å²) in [4.78, 5) is 14.0. The molecule has 1 aromatic carbocycles. The van der Waals surface area contributed by atoms with Gasteiger partial charge in [0, 0.05) is 25.2 Å². The van der Waals surface area contributed by atoms with Crippen molar-refractivity contribution in [2.24, 2.45) is 5.92 Å². The Bertz CT molecular complexity index is 397. The number of rotatable bonds is 3. The summed E-state index contributed by atoms with van der Waals surface area (Å²) < 4.78 is 0. The van der Waals surface area contributed by atoms with Crippen LogP contribution in [-0.2, 0) is 11.3 Å². The third-order valence-electron chi connectivity index (χ3n) is 3.54. The fourth-order valence-corrected chi connectivity index (χ4v) is 2.50. The van der Waals surface area contributed by atoms with Gasteiger partial charge in [0.15, 0.2) is 0 Å². The van der Waals surface area contributed by atoms with Gasteiger partial charge in [-0.1, -0.05) is 31.0 Å². The van der Waals surface area contributed by atoms with E-state index in [1.807, 2.05) is 36.2 Å². The highest BCUT2D eigenvalue weighted by atomic mass is 16.2. The molecule has 0 aliphatic heterocycles. The second kappa shape index (κ2) is 5.21. The SMILES string of the molecule is CN(Cc1ccccc1N)C(=O)C1CCCC1. The van der Waals surface area contributed by atoms with Crippen molar-refractivity contribution in [3.05, 3.63) is 29.8 Å². The number of carbonyl (C=O) groups is 1. The van der Waals surface area contributed by atoms with E-state index in [9.17, 15) is 4.79 Å². The van der Waals surface area contributed by atoms with Crippen LogP contribution >= 0.6 is 0 Å². The van der Waals surface area contributed by atoms with Crippen molar-refractivity contribution < 1.29 is 4.79 Å². The molecule has 0 unspecified atom stereocenters. The van der Waals surface area contributed by atoms with Crippen molar-refractivity contribution in [3.8, 4) is 0 Å². The highest BCUT2D eigenvalue weighted by molar-refractivity contribution is 5.79. The molecule has 3 heteroatoms. The zero-order chi connectivity index (χ0) is 12.3. The van der Waals surface area contributed by atoms with Gasteiger partial charge < -0.3 is 10.6 Å². The van der Waals surface area contributed by atoms with Crippen LogP contribution in [0.5, 0.6) is 0 Å². The molecule has 0 spiro atoms. The maximum atomic E-state index is 12.1. The predicted molar refractivity (Wildman–Crippen MR) is 69.3 cm³/mol. The lowest BCUT2D eigenvalue weighted by Crippen LogP contribution is -2.31. The Morgan fingerprint density at radius 3 is 2.65 bits per heavy atom. The van der Waals surface area contributed by atoms with Gasteiger partial charge in [0.1, 0.15) is 0 Å². The van der Waals surface area contributed by atoms with Crippen LogP contribution < -0.4 is 5.73 Å². The summed E-state index contributed by atoms with van der Waals surface area (Å²) in [6.45, 7) is 0.613. The van der Waals surface area contributed by atoms with Gasteiger partial charge in [-0.3, -0.25) is 4.79 Å². The minimum atomic E-state index is 0.241. The maximum Gasteiger partial charge on any atom is 0.225 e. The second-order valence-electron chi connectivity index (χ2n) is 4.87. The largest absolute Gasteiger partial charge is 0.398 e. The normalized spacial score (nSPS) is 16.1. The molecule has 0 heterocycles. The minimum Gasteiger partial charge on any atom is -0.398 e. The van der Waals surface area contributed by atoms with Crippen molar-refractivity contribution in [3.63, 3.8) is 0 Å². The molecule has 92 valence electrons. The van der Waals surface area contributed by atoms with Crippen molar-refractivity contribution in [1.29, 1.82) is 0 Å². The molecule has 0 aromatic heterocycles. The first kappa shape index (κ1) is 12.0. The van der Waals surface area contributed by atoms with E-state index in [-0.39, 0.29) is 11.8 Å². The molecule has 1 saturated carbocycles. The number of benzene rings is 1. The molecule has 1 aliphatic rings. The van der Waals surface area contributed by atoms with E-state index in [0.717, 1.165) is 24.1 Å². The van der Waals surface area contributed by atoms with Crippen molar-refractivity contribution >= 4 is 11.6 Å². The number of nitrogens with zero attached hydrogens (tertiary/aromatic N) is 1. The maximum absolute atomic E-state index is 12.1. The monoisotopic (exact) mass is 232 g/mol. The summed E-state index contributed by atoms with van der Waals surface area (Å²) in [6.07, 6.45) is 4.48. The summed E-state index contributed by atoms with van der Waals surface area (Å²) in [5.41, 5.74) is 7.68. The van der Waals surface area contributed by atoms with Crippen molar-refractivity contribution in [1.82, 2.24) is 4.90 Å². The van der Waals surface area contributed by atoms with Crippen LogP contribution in [0.2, 0.25) is 0 Å². The average molecular weight is 232 g/mol. The highest BCUT2D eigenvalue weighted by Gasteiger charge is 2.25. The van der Waals surface area contributed by atoms with Crippen LogP contribution in [0.4, 0.5) is 5.69 Å². The summed E-state index contributed by atoms with van der Waals surface area (Å²) in [7, 11) is 1.87. The number of amides is 1. The summed E-state index contributed by atoms with van der Waals surface area (Å²) in [5, 5.41) is 0. The minimum absolute atomic E-state index is 0.241. The summed E-state index contributed by atoms with van der Waals surface area (Å²) >= 11 is 0. The Morgan fingerprint density at radius 2 is 2.00 bits per heavy atom. The van der Waals surface area contributed by atoms with Gasteiger partial charge in [-0.2, -0.15) is 0 Å². The fraction of sp³-hybridized carbons (Fsp3) is 0.500. The summed E-state index contributed by atoms with van der Waals surface area (Å²) in [5.74, 6) is 0.510. The summed E-state index contributed by atoms with van der Waals surface area (Å²) in [6, 6.07) is 7.73. The number of nitrogen functional groups attached to an aromatic ring is 1. The van der Waals surface area contributed by atoms with Crippen LogP contribution in [0.25, 0.3) is 0 Å². The lowest BCUT2D eigenvalue weighted by atomic mass is 10.1. The molecule has 1 fully saturated rings. The Labute approximate surface area is 103 Å². The first-order valence-corrected chi connectivity index (χ1v) is 6.27. The van der Waals surface area contributed by atoms with E-state index in [4.69, 9.17) is 5.73 Å². The van der Waals surface area contributed by atoms with E-state index in [2.05, 4.69) is 0 Å². The predicted octanol–water partition coefficient (Wildman–Crippen LogP) is 2.42. The molecule has 0 bridgehead atoms. The van der Waals surface area contributed by atoms with Gasteiger partial charge in [0.2, 0.25) is 5.91 Å². The number of hydrogen-bond donors (Lipinski definition) is 1. The van der Waals surface area contributed by atoms with E-state index in [0.29, 0.717) is 6.54 Å². The van der Waals surface area contributed by atoms with Gasteiger partial charge in [-0.05, 0) is 24.5 Å². The number of nitrogens with two attached hydrogens (primary N) is 1. The Kier molecular flexibility index (Phi) is 3.67. The van der Waals surface area contributed by atoms with Gasteiger partial charge in [-0.25, -0.2) is 0 Å². The van der Waals surface area contributed by atoms with Gasteiger partial charge in [-0.15, -0.1) is 0 Å². The van der Waals surface area contributed by atoms with E-state index in [1.54, 1.807) is 0 Å². The van der Waals surface area contributed by atoms with Gasteiger partial charge in [0.25, 0.3) is 0 Å². The topological polar surface area (TPSA) is 46.3 Å². The molecular weight excluding hydrogens is 212 g/mol. The Balaban J connectivity index is 1.99. The zero-order valence-corrected chi connectivity index (χ0v) is 10.4. The van der Waals surface area contributed by atoms with Crippen LogP contribution in [0.3, 0.4) is 0 Å². The molecule has 0 atom stereocenters. The fourth-order valence-electron chi connectivity index (χ4n) is 2.50. The lowest BCUT2D eigenvalue weighted by Gasteiger charge is -2.21. The second-order valence-corrected chi connectivity index (χ2v) is 4.87. The van der Waals surface area contributed by atoms with Gasteiger partial charge in [0.05, 0.1) is 0 Å². The standard InChI is InChI=1S/C14H20N2O/c1-16(14(17)11-6-2-3-7-11)10-12-8-4-5-9-13(12)15/h4-5,8-9,11H,2-3,6-7,10,15H2,1H3. The molecule has 2 rings (SSSR count). The average Bonchev–Trinajstić information content (AvgIpc) is 2.84. The van der Waals surface area contributed by atoms with Crippen molar-refractivity contribution in [2.75, 3.05) is 12.8 Å². The first-order chi connectivity index (χ1) is 8.18.